The molecule has 0 aromatic carbocycles. The molecule has 0 radical (unpaired) electrons. The van der Waals surface area contributed by atoms with Crippen LogP contribution < -0.4 is 16.2 Å². The van der Waals surface area contributed by atoms with Crippen LogP contribution in [0.5, 0.6) is 0 Å². The summed E-state index contributed by atoms with van der Waals surface area (Å²) in [5, 5.41) is 9.73. The van der Waals surface area contributed by atoms with Gasteiger partial charge in [-0.25, -0.2) is 15.8 Å². The minimum atomic E-state index is -0.298. The Morgan fingerprint density at radius 3 is 3.11 bits per heavy atom. The number of nitrogens with one attached hydrogen (secondary N) is 1. The lowest BCUT2D eigenvalue weighted by Crippen LogP contribution is -2.39. The third-order valence-electron chi connectivity index (χ3n) is 3.06. The molecule has 1 fully saturated rings. The summed E-state index contributed by atoms with van der Waals surface area (Å²) in [4.78, 5) is 10.7. The molecule has 0 aliphatic carbocycles. The zero-order valence-electron chi connectivity index (χ0n) is 11.2. The number of anilines is 2. The largest absolute Gasteiger partial charge is 0.391 e. The van der Waals surface area contributed by atoms with Gasteiger partial charge in [0, 0.05) is 25.8 Å². The monoisotopic (exact) mass is 267 g/mol. The summed E-state index contributed by atoms with van der Waals surface area (Å²) in [6.45, 7) is 4.37. The summed E-state index contributed by atoms with van der Waals surface area (Å²) in [5.74, 6) is 7.34. The first-order chi connectivity index (χ1) is 9.22. The van der Waals surface area contributed by atoms with Gasteiger partial charge in [-0.2, -0.15) is 0 Å². The van der Waals surface area contributed by atoms with Crippen molar-refractivity contribution in [3.8, 4) is 0 Å². The lowest BCUT2D eigenvalue weighted by atomic mass is 10.1. The van der Waals surface area contributed by atoms with E-state index in [4.69, 9.17) is 10.6 Å². The number of rotatable bonds is 5. The van der Waals surface area contributed by atoms with Gasteiger partial charge in [0.15, 0.2) is 5.82 Å². The number of aromatic nitrogens is 2. The van der Waals surface area contributed by atoms with Crippen molar-refractivity contribution in [2.45, 2.75) is 32.5 Å². The molecule has 2 rings (SSSR count). The summed E-state index contributed by atoms with van der Waals surface area (Å²) in [7, 11) is 0. The first-order valence-corrected chi connectivity index (χ1v) is 6.58. The standard InChI is InChI=1S/C12H21N5O2/c1-2-19-8-11-14-10(16-13)6-12(15-11)17-5-3-4-9(18)7-17/h6,9,18H,2-5,7-8,13H2,1H3,(H,14,15,16). The molecule has 1 atom stereocenters. The van der Waals surface area contributed by atoms with Gasteiger partial charge < -0.3 is 20.2 Å². The van der Waals surface area contributed by atoms with Crippen molar-refractivity contribution in [3.05, 3.63) is 11.9 Å². The summed E-state index contributed by atoms with van der Waals surface area (Å²) in [5.41, 5.74) is 2.54. The molecular weight excluding hydrogens is 246 g/mol. The fraction of sp³-hybridized carbons (Fsp3) is 0.667. The molecular formula is C12H21N5O2. The minimum absolute atomic E-state index is 0.298. The van der Waals surface area contributed by atoms with E-state index in [1.54, 1.807) is 6.07 Å². The third kappa shape index (κ3) is 3.76. The minimum Gasteiger partial charge on any atom is -0.391 e. The highest BCUT2D eigenvalue weighted by Gasteiger charge is 2.20. The Kier molecular flexibility index (Phi) is 4.89. The van der Waals surface area contributed by atoms with Gasteiger partial charge in [-0.15, -0.1) is 0 Å². The van der Waals surface area contributed by atoms with Crippen molar-refractivity contribution in [3.63, 3.8) is 0 Å². The van der Waals surface area contributed by atoms with Crippen LogP contribution in [0.25, 0.3) is 0 Å². The maximum atomic E-state index is 9.73. The molecule has 1 aromatic heterocycles. The lowest BCUT2D eigenvalue weighted by Gasteiger charge is -2.31. The SMILES string of the molecule is CCOCc1nc(NN)cc(N2CCCC(O)C2)n1. The zero-order chi connectivity index (χ0) is 13.7. The molecule has 1 aliphatic rings. The second-order valence-electron chi connectivity index (χ2n) is 4.55. The van der Waals surface area contributed by atoms with E-state index < -0.39 is 0 Å². The van der Waals surface area contributed by atoms with Gasteiger partial charge in [0.1, 0.15) is 18.2 Å². The number of piperidine rings is 1. The van der Waals surface area contributed by atoms with Crippen LogP contribution in [0, 0.1) is 0 Å². The average Bonchev–Trinajstić information content (AvgIpc) is 2.44. The number of hydrogen-bond donors (Lipinski definition) is 3. The van der Waals surface area contributed by atoms with Crippen molar-refractivity contribution in [2.24, 2.45) is 5.84 Å². The van der Waals surface area contributed by atoms with Crippen molar-refractivity contribution in [1.29, 1.82) is 0 Å². The molecule has 7 heteroatoms. The topological polar surface area (TPSA) is 96.5 Å². The van der Waals surface area contributed by atoms with E-state index in [0.717, 1.165) is 25.2 Å². The molecule has 0 saturated carbocycles. The predicted molar refractivity (Wildman–Crippen MR) is 72.6 cm³/mol. The van der Waals surface area contributed by atoms with E-state index in [1.807, 2.05) is 11.8 Å². The molecule has 106 valence electrons. The Labute approximate surface area is 112 Å². The molecule has 4 N–H and O–H groups in total. The van der Waals surface area contributed by atoms with Gasteiger partial charge in [0.05, 0.1) is 6.10 Å². The average molecular weight is 267 g/mol. The fourth-order valence-electron chi connectivity index (χ4n) is 2.14. The quantitative estimate of drug-likeness (QED) is 0.520. The number of nitrogen functional groups attached to an aromatic ring is 1. The first kappa shape index (κ1) is 14.0. The molecule has 1 unspecified atom stereocenters. The van der Waals surface area contributed by atoms with Gasteiger partial charge >= 0.3 is 0 Å². The molecule has 19 heavy (non-hydrogen) atoms. The van der Waals surface area contributed by atoms with Gasteiger partial charge in [-0.3, -0.25) is 0 Å². The Hall–Kier alpha value is -1.44. The lowest BCUT2D eigenvalue weighted by molar-refractivity contribution is 0.128. The number of nitrogens with zero attached hydrogens (tertiary/aromatic N) is 3. The van der Waals surface area contributed by atoms with E-state index >= 15 is 0 Å². The van der Waals surface area contributed by atoms with Gasteiger partial charge in [0.2, 0.25) is 0 Å². The van der Waals surface area contributed by atoms with Crippen molar-refractivity contribution in [2.75, 3.05) is 30.0 Å². The smallest absolute Gasteiger partial charge is 0.158 e. The molecule has 2 heterocycles. The molecule has 1 saturated heterocycles. The molecule has 1 aromatic rings. The second-order valence-corrected chi connectivity index (χ2v) is 4.55. The van der Waals surface area contributed by atoms with E-state index in [-0.39, 0.29) is 6.10 Å². The highest BCUT2D eigenvalue weighted by atomic mass is 16.5. The van der Waals surface area contributed by atoms with E-state index in [0.29, 0.717) is 31.4 Å². The number of aliphatic hydroxyl groups is 1. The predicted octanol–water partition coefficient (Wildman–Crippen LogP) is 0.260. The Morgan fingerprint density at radius 2 is 2.42 bits per heavy atom. The summed E-state index contributed by atoms with van der Waals surface area (Å²) < 4.78 is 5.32. The number of ether oxygens (including phenoxy) is 1. The molecule has 7 nitrogen and oxygen atoms in total. The van der Waals surface area contributed by atoms with Crippen molar-refractivity contribution < 1.29 is 9.84 Å². The second kappa shape index (κ2) is 6.65. The van der Waals surface area contributed by atoms with E-state index in [2.05, 4.69) is 15.4 Å². The summed E-state index contributed by atoms with van der Waals surface area (Å²) in [6.07, 6.45) is 1.50. The maximum absolute atomic E-state index is 9.73. The molecule has 0 bridgehead atoms. The molecule has 0 amide bonds. The zero-order valence-corrected chi connectivity index (χ0v) is 11.2. The number of β-amino-alcohol motifs (C(OH)–C–C–N with tert-alkyl or cyclic N) is 1. The van der Waals surface area contributed by atoms with Crippen LogP contribution in [0.2, 0.25) is 0 Å². The Balaban J connectivity index is 2.17. The van der Waals surface area contributed by atoms with Crippen LogP contribution in [0.1, 0.15) is 25.6 Å². The Bertz CT molecular complexity index is 415. The molecule has 1 aliphatic heterocycles. The third-order valence-corrected chi connectivity index (χ3v) is 3.06. The number of aliphatic hydroxyl groups excluding tert-OH is 1. The fourth-order valence-corrected chi connectivity index (χ4v) is 2.14. The van der Waals surface area contributed by atoms with Crippen LogP contribution in [-0.4, -0.2) is 40.9 Å². The van der Waals surface area contributed by atoms with Gasteiger partial charge in [-0.1, -0.05) is 0 Å². The van der Waals surface area contributed by atoms with Gasteiger partial charge in [-0.05, 0) is 19.8 Å². The van der Waals surface area contributed by atoms with E-state index in [1.165, 1.54) is 0 Å². The van der Waals surface area contributed by atoms with E-state index in [9.17, 15) is 5.11 Å². The highest BCUT2D eigenvalue weighted by Crippen LogP contribution is 2.20. The van der Waals surface area contributed by atoms with Crippen LogP contribution >= 0.6 is 0 Å². The Morgan fingerprint density at radius 1 is 1.58 bits per heavy atom. The van der Waals surface area contributed by atoms with Crippen LogP contribution in [0.3, 0.4) is 0 Å². The first-order valence-electron chi connectivity index (χ1n) is 6.58. The van der Waals surface area contributed by atoms with Crippen molar-refractivity contribution >= 4 is 11.6 Å². The number of nitrogens with two attached hydrogens (primary N) is 1. The van der Waals surface area contributed by atoms with Gasteiger partial charge in [0.25, 0.3) is 0 Å². The number of hydrazine groups is 1. The van der Waals surface area contributed by atoms with Crippen molar-refractivity contribution in [1.82, 2.24) is 9.97 Å². The summed E-state index contributed by atoms with van der Waals surface area (Å²) in [6, 6.07) is 1.79. The van der Waals surface area contributed by atoms with Crippen LogP contribution in [0.4, 0.5) is 11.6 Å². The highest BCUT2D eigenvalue weighted by molar-refractivity contribution is 5.49. The normalized spacial score (nSPS) is 19.5. The number of hydrogen-bond acceptors (Lipinski definition) is 7. The maximum Gasteiger partial charge on any atom is 0.158 e. The molecule has 0 spiro atoms. The summed E-state index contributed by atoms with van der Waals surface area (Å²) >= 11 is 0. The van der Waals surface area contributed by atoms with Crippen LogP contribution in [0.15, 0.2) is 6.07 Å². The van der Waals surface area contributed by atoms with Crippen LogP contribution in [-0.2, 0) is 11.3 Å².